The Morgan fingerprint density at radius 2 is 2.26 bits per heavy atom. The Morgan fingerprint density at radius 1 is 1.53 bits per heavy atom. The molecule has 0 saturated carbocycles. The van der Waals surface area contributed by atoms with Gasteiger partial charge in [-0.3, -0.25) is 4.79 Å². The standard InChI is InChI=1S/C13H20N4O2/c1-9-14-11(6-12(15-9)16(2)3)10-4-5-17(7-10)13(19)8-18/h6,10,18H,4-5,7-8H2,1-3H3. The maximum absolute atomic E-state index is 11.5. The first-order valence-electron chi connectivity index (χ1n) is 6.42. The predicted octanol–water partition coefficient (Wildman–Crippen LogP) is 0.159. The van der Waals surface area contributed by atoms with Gasteiger partial charge in [0.1, 0.15) is 18.2 Å². The van der Waals surface area contributed by atoms with E-state index < -0.39 is 6.61 Å². The highest BCUT2D eigenvalue weighted by molar-refractivity contribution is 5.77. The molecule has 1 aliphatic heterocycles. The number of carbonyl (C=O) groups excluding carboxylic acids is 1. The Kier molecular flexibility index (Phi) is 3.99. The number of aliphatic hydroxyl groups excluding tert-OH is 1. The van der Waals surface area contributed by atoms with Crippen LogP contribution in [0, 0.1) is 6.92 Å². The van der Waals surface area contributed by atoms with Crippen LogP contribution in [0.2, 0.25) is 0 Å². The Morgan fingerprint density at radius 3 is 2.89 bits per heavy atom. The third-order valence-electron chi connectivity index (χ3n) is 3.40. The van der Waals surface area contributed by atoms with Gasteiger partial charge in [-0.2, -0.15) is 0 Å². The highest BCUT2D eigenvalue weighted by atomic mass is 16.3. The van der Waals surface area contributed by atoms with Crippen LogP contribution in [0.25, 0.3) is 0 Å². The van der Waals surface area contributed by atoms with Crippen molar-refractivity contribution in [1.82, 2.24) is 14.9 Å². The van der Waals surface area contributed by atoms with Crippen molar-refractivity contribution in [2.45, 2.75) is 19.3 Å². The van der Waals surface area contributed by atoms with E-state index in [-0.39, 0.29) is 11.8 Å². The normalized spacial score (nSPS) is 18.7. The number of likely N-dealkylation sites (tertiary alicyclic amines) is 1. The van der Waals surface area contributed by atoms with Crippen molar-refractivity contribution in [1.29, 1.82) is 0 Å². The smallest absolute Gasteiger partial charge is 0.248 e. The van der Waals surface area contributed by atoms with Crippen molar-refractivity contribution in [2.24, 2.45) is 0 Å². The van der Waals surface area contributed by atoms with Crippen LogP contribution in [0.1, 0.15) is 23.9 Å². The Balaban J connectivity index is 2.17. The quantitative estimate of drug-likeness (QED) is 0.842. The third kappa shape index (κ3) is 3.01. The summed E-state index contributed by atoms with van der Waals surface area (Å²) in [5, 5.41) is 8.89. The van der Waals surface area contributed by atoms with E-state index in [1.807, 2.05) is 32.0 Å². The molecule has 2 heterocycles. The van der Waals surface area contributed by atoms with Gasteiger partial charge in [0, 0.05) is 39.2 Å². The first-order valence-corrected chi connectivity index (χ1v) is 6.42. The Hall–Kier alpha value is -1.69. The largest absolute Gasteiger partial charge is 0.387 e. The molecular formula is C13H20N4O2. The number of aryl methyl sites for hydroxylation is 1. The van der Waals surface area contributed by atoms with Crippen LogP contribution in [0.3, 0.4) is 0 Å². The van der Waals surface area contributed by atoms with Crippen LogP contribution in [0.4, 0.5) is 5.82 Å². The minimum Gasteiger partial charge on any atom is -0.387 e. The highest BCUT2D eigenvalue weighted by Gasteiger charge is 2.28. The van der Waals surface area contributed by atoms with Gasteiger partial charge in [0.2, 0.25) is 5.91 Å². The molecule has 1 saturated heterocycles. The van der Waals surface area contributed by atoms with Crippen molar-refractivity contribution in [3.05, 3.63) is 17.6 Å². The zero-order chi connectivity index (χ0) is 14.0. The van der Waals surface area contributed by atoms with Crippen molar-refractivity contribution >= 4 is 11.7 Å². The first-order chi connectivity index (χ1) is 9.01. The number of nitrogens with zero attached hydrogens (tertiary/aromatic N) is 4. The number of rotatable bonds is 3. The topological polar surface area (TPSA) is 69.6 Å². The van der Waals surface area contributed by atoms with Gasteiger partial charge in [-0.1, -0.05) is 0 Å². The molecule has 1 amide bonds. The van der Waals surface area contributed by atoms with Crippen LogP contribution in [0.15, 0.2) is 6.07 Å². The van der Waals surface area contributed by atoms with Crippen molar-refractivity contribution in [3.8, 4) is 0 Å². The van der Waals surface area contributed by atoms with E-state index in [9.17, 15) is 4.79 Å². The molecule has 0 bridgehead atoms. The zero-order valence-electron chi connectivity index (χ0n) is 11.6. The molecule has 19 heavy (non-hydrogen) atoms. The summed E-state index contributed by atoms with van der Waals surface area (Å²) in [6, 6.07) is 1.98. The number of hydrogen-bond donors (Lipinski definition) is 1. The van der Waals surface area contributed by atoms with Crippen molar-refractivity contribution < 1.29 is 9.90 Å². The van der Waals surface area contributed by atoms with E-state index in [4.69, 9.17) is 5.11 Å². The maximum atomic E-state index is 11.5. The molecule has 0 spiro atoms. The lowest BCUT2D eigenvalue weighted by Crippen LogP contribution is -2.30. The molecule has 2 rings (SSSR count). The fraction of sp³-hybridized carbons (Fsp3) is 0.615. The number of anilines is 1. The maximum Gasteiger partial charge on any atom is 0.248 e. The van der Waals surface area contributed by atoms with Gasteiger partial charge in [-0.05, 0) is 13.3 Å². The minimum atomic E-state index is -0.418. The van der Waals surface area contributed by atoms with Gasteiger partial charge in [-0.25, -0.2) is 9.97 Å². The van der Waals surface area contributed by atoms with E-state index in [0.29, 0.717) is 13.1 Å². The molecule has 0 aromatic carbocycles. The van der Waals surface area contributed by atoms with Crippen molar-refractivity contribution in [3.63, 3.8) is 0 Å². The Bertz CT molecular complexity index is 476. The average molecular weight is 264 g/mol. The molecule has 6 nitrogen and oxygen atoms in total. The molecule has 0 radical (unpaired) electrons. The summed E-state index contributed by atoms with van der Waals surface area (Å²) in [7, 11) is 3.89. The number of amides is 1. The molecule has 1 unspecified atom stereocenters. The highest BCUT2D eigenvalue weighted by Crippen LogP contribution is 2.27. The van der Waals surface area contributed by atoms with Crippen LogP contribution < -0.4 is 4.90 Å². The van der Waals surface area contributed by atoms with E-state index in [2.05, 4.69) is 9.97 Å². The van der Waals surface area contributed by atoms with Crippen LogP contribution in [-0.2, 0) is 4.79 Å². The first kappa shape index (κ1) is 13.7. The van der Waals surface area contributed by atoms with Crippen LogP contribution in [-0.4, -0.2) is 59.7 Å². The summed E-state index contributed by atoms with van der Waals surface area (Å²) in [6.07, 6.45) is 0.884. The molecule has 1 aromatic rings. The molecule has 0 aliphatic carbocycles. The molecule has 1 aromatic heterocycles. The average Bonchev–Trinajstić information content (AvgIpc) is 2.86. The van der Waals surface area contributed by atoms with Gasteiger partial charge < -0.3 is 14.9 Å². The van der Waals surface area contributed by atoms with Crippen molar-refractivity contribution in [2.75, 3.05) is 38.7 Å². The van der Waals surface area contributed by atoms with Crippen LogP contribution >= 0.6 is 0 Å². The van der Waals surface area contributed by atoms with E-state index in [1.54, 1.807) is 4.90 Å². The molecule has 104 valence electrons. The zero-order valence-corrected chi connectivity index (χ0v) is 11.6. The summed E-state index contributed by atoms with van der Waals surface area (Å²) in [5.74, 6) is 1.65. The monoisotopic (exact) mass is 264 g/mol. The van der Waals surface area contributed by atoms with E-state index in [1.165, 1.54) is 0 Å². The molecular weight excluding hydrogens is 244 g/mol. The predicted molar refractivity (Wildman–Crippen MR) is 72.1 cm³/mol. The summed E-state index contributed by atoms with van der Waals surface area (Å²) in [6.45, 7) is 2.77. The van der Waals surface area contributed by atoms with Gasteiger partial charge in [0.05, 0.1) is 5.69 Å². The second-order valence-corrected chi connectivity index (χ2v) is 5.08. The second-order valence-electron chi connectivity index (χ2n) is 5.08. The second kappa shape index (κ2) is 5.52. The Labute approximate surface area is 113 Å². The van der Waals surface area contributed by atoms with Crippen LogP contribution in [0.5, 0.6) is 0 Å². The summed E-state index contributed by atoms with van der Waals surface area (Å²) in [5.41, 5.74) is 0.976. The lowest BCUT2D eigenvalue weighted by atomic mass is 10.0. The third-order valence-corrected chi connectivity index (χ3v) is 3.40. The van der Waals surface area contributed by atoms with Gasteiger partial charge in [-0.15, -0.1) is 0 Å². The minimum absolute atomic E-state index is 0.207. The molecule has 1 N–H and O–H groups in total. The van der Waals surface area contributed by atoms with E-state index in [0.717, 1.165) is 23.8 Å². The number of aromatic nitrogens is 2. The fourth-order valence-electron chi connectivity index (χ4n) is 2.34. The molecule has 1 aliphatic rings. The number of carbonyl (C=O) groups is 1. The summed E-state index contributed by atoms with van der Waals surface area (Å²) < 4.78 is 0. The lowest BCUT2D eigenvalue weighted by Gasteiger charge is -2.17. The lowest BCUT2D eigenvalue weighted by molar-refractivity contribution is -0.133. The van der Waals surface area contributed by atoms with E-state index >= 15 is 0 Å². The SMILES string of the molecule is Cc1nc(C2CCN(C(=O)CO)C2)cc(N(C)C)n1. The molecule has 1 atom stereocenters. The number of aliphatic hydroxyl groups is 1. The molecule has 6 heteroatoms. The van der Waals surface area contributed by atoms with Gasteiger partial charge in [0.15, 0.2) is 0 Å². The van der Waals surface area contributed by atoms with Gasteiger partial charge >= 0.3 is 0 Å². The number of hydrogen-bond acceptors (Lipinski definition) is 5. The van der Waals surface area contributed by atoms with Gasteiger partial charge in [0.25, 0.3) is 0 Å². The molecule has 1 fully saturated rings. The summed E-state index contributed by atoms with van der Waals surface area (Å²) in [4.78, 5) is 24.0. The fourth-order valence-corrected chi connectivity index (χ4v) is 2.34. The summed E-state index contributed by atoms with van der Waals surface area (Å²) >= 11 is 0.